The van der Waals surface area contributed by atoms with Gasteiger partial charge in [0.25, 0.3) is 0 Å². The van der Waals surface area contributed by atoms with Gasteiger partial charge in [0.05, 0.1) is 6.07 Å². The fourth-order valence-electron chi connectivity index (χ4n) is 0.0676. The van der Waals surface area contributed by atoms with Gasteiger partial charge in [-0.3, -0.25) is 4.79 Å². The lowest BCUT2D eigenvalue weighted by molar-refractivity contribution is -0.135. The molecule has 0 saturated carbocycles. The second-order valence-corrected chi connectivity index (χ2v) is 0.729. The monoisotopic (exact) mass is 119 g/mol. The summed E-state index contributed by atoms with van der Waals surface area (Å²) in [5.74, 6) is -1.07. The van der Waals surface area contributed by atoms with Crippen molar-refractivity contribution in [1.29, 1.82) is 5.26 Å². The van der Waals surface area contributed by atoms with E-state index in [0.717, 1.165) is 0 Å². The first-order valence-electron chi connectivity index (χ1n) is 1.36. The first kappa shape index (κ1) is 9.58. The average molecular weight is 119 g/mol. The van der Waals surface area contributed by atoms with Gasteiger partial charge in [0.15, 0.2) is 0 Å². The standard InChI is InChI=1S/C3H3NO2.H2S/c4-2-1-3(5)6;/h1H2,(H,5,6);1H2. The minimum absolute atomic E-state index is 0. The van der Waals surface area contributed by atoms with Crippen molar-refractivity contribution in [3.8, 4) is 6.07 Å². The van der Waals surface area contributed by atoms with Crippen molar-refractivity contribution in [2.24, 2.45) is 0 Å². The smallest absolute Gasteiger partial charge is 0.317 e. The number of nitriles is 1. The lowest BCUT2D eigenvalue weighted by Gasteiger charge is -1.70. The largest absolute Gasteiger partial charge is 0.480 e. The van der Waals surface area contributed by atoms with Crippen LogP contribution in [0.5, 0.6) is 0 Å². The van der Waals surface area contributed by atoms with Gasteiger partial charge in [0.2, 0.25) is 0 Å². The molecule has 0 aliphatic rings. The number of nitrogens with zero attached hydrogens (tertiary/aromatic N) is 1. The zero-order valence-electron chi connectivity index (χ0n) is 3.51. The highest BCUT2D eigenvalue weighted by atomic mass is 32.1. The van der Waals surface area contributed by atoms with Crippen LogP contribution in [0.4, 0.5) is 0 Å². The molecule has 0 saturated heterocycles. The molecular weight excluding hydrogens is 114 g/mol. The lowest BCUT2D eigenvalue weighted by Crippen LogP contribution is -1.88. The molecule has 0 aliphatic heterocycles. The molecule has 3 nitrogen and oxygen atoms in total. The van der Waals surface area contributed by atoms with Gasteiger partial charge >= 0.3 is 5.97 Å². The van der Waals surface area contributed by atoms with Crippen molar-refractivity contribution in [2.75, 3.05) is 0 Å². The molecule has 7 heavy (non-hydrogen) atoms. The minimum atomic E-state index is -1.07. The summed E-state index contributed by atoms with van der Waals surface area (Å²) >= 11 is 0. The number of carbonyl (C=O) groups is 1. The predicted octanol–water partition coefficient (Wildman–Crippen LogP) is 0.0975. The molecule has 0 aromatic rings. The normalized spacial score (nSPS) is 5.57. The van der Waals surface area contributed by atoms with Crippen LogP contribution >= 0.6 is 13.5 Å². The molecule has 4 heteroatoms. The Bertz CT molecular complexity index is 95.6. The summed E-state index contributed by atoms with van der Waals surface area (Å²) in [6.45, 7) is 0. The van der Waals surface area contributed by atoms with E-state index in [2.05, 4.69) is 0 Å². The third-order valence-electron chi connectivity index (χ3n) is 0.230. The fourth-order valence-corrected chi connectivity index (χ4v) is 0.0676. The maximum absolute atomic E-state index is 9.38. The van der Waals surface area contributed by atoms with E-state index in [1.165, 1.54) is 6.07 Å². The van der Waals surface area contributed by atoms with E-state index in [9.17, 15) is 4.79 Å². The van der Waals surface area contributed by atoms with Gasteiger partial charge in [-0.15, -0.1) is 0 Å². The van der Waals surface area contributed by atoms with Crippen molar-refractivity contribution < 1.29 is 9.90 Å². The molecule has 0 aromatic heterocycles. The van der Waals surface area contributed by atoms with Crippen LogP contribution in [0, 0.1) is 11.3 Å². The molecule has 1 N–H and O–H groups in total. The summed E-state index contributed by atoms with van der Waals surface area (Å²) in [5, 5.41) is 15.3. The Morgan fingerprint density at radius 1 is 1.86 bits per heavy atom. The maximum Gasteiger partial charge on any atom is 0.317 e. The highest BCUT2D eigenvalue weighted by Gasteiger charge is 1.87. The molecule has 0 atom stereocenters. The molecule has 0 rings (SSSR count). The summed E-state index contributed by atoms with van der Waals surface area (Å²) in [6.07, 6.45) is -0.403. The molecule has 0 aromatic carbocycles. The first-order chi connectivity index (χ1) is 2.77. The molecule has 0 radical (unpaired) electrons. The molecule has 0 spiro atoms. The Kier molecular flexibility index (Phi) is 7.27. The van der Waals surface area contributed by atoms with E-state index < -0.39 is 12.4 Å². The Hall–Kier alpha value is -0.690. The summed E-state index contributed by atoms with van der Waals surface area (Å²) in [6, 6.07) is 1.47. The van der Waals surface area contributed by atoms with E-state index in [-0.39, 0.29) is 13.5 Å². The van der Waals surface area contributed by atoms with Crippen molar-refractivity contribution >= 4 is 19.5 Å². The fraction of sp³-hybridized carbons (Fsp3) is 0.333. The van der Waals surface area contributed by atoms with Crippen molar-refractivity contribution in [3.05, 3.63) is 0 Å². The number of hydrogen-bond acceptors (Lipinski definition) is 2. The van der Waals surface area contributed by atoms with Crippen LogP contribution in [-0.2, 0) is 4.79 Å². The maximum atomic E-state index is 9.38. The van der Waals surface area contributed by atoms with E-state index in [0.29, 0.717) is 0 Å². The van der Waals surface area contributed by atoms with Crippen molar-refractivity contribution in [1.82, 2.24) is 0 Å². The number of hydrogen-bond donors (Lipinski definition) is 1. The summed E-state index contributed by atoms with van der Waals surface area (Å²) in [7, 11) is 0. The van der Waals surface area contributed by atoms with Gasteiger partial charge in [-0.25, -0.2) is 0 Å². The third kappa shape index (κ3) is 10.9. The van der Waals surface area contributed by atoms with Crippen LogP contribution in [0.2, 0.25) is 0 Å². The summed E-state index contributed by atoms with van der Waals surface area (Å²) < 4.78 is 0. The van der Waals surface area contributed by atoms with E-state index in [1.54, 1.807) is 0 Å². The Morgan fingerprint density at radius 3 is 2.29 bits per heavy atom. The topological polar surface area (TPSA) is 61.1 Å². The van der Waals surface area contributed by atoms with Gasteiger partial charge in [-0.05, 0) is 0 Å². The predicted molar refractivity (Wildman–Crippen MR) is 28.2 cm³/mol. The molecule has 0 fully saturated rings. The second kappa shape index (κ2) is 5.31. The molecule has 0 amide bonds. The quantitative estimate of drug-likeness (QED) is 0.532. The van der Waals surface area contributed by atoms with Crippen LogP contribution in [0.15, 0.2) is 0 Å². The van der Waals surface area contributed by atoms with Crippen LogP contribution in [0.1, 0.15) is 6.42 Å². The minimum Gasteiger partial charge on any atom is -0.480 e. The van der Waals surface area contributed by atoms with E-state index in [1.807, 2.05) is 0 Å². The Balaban J connectivity index is 0. The van der Waals surface area contributed by atoms with Gasteiger partial charge in [0, 0.05) is 0 Å². The molecule has 0 bridgehead atoms. The van der Waals surface area contributed by atoms with Crippen LogP contribution < -0.4 is 0 Å². The summed E-state index contributed by atoms with van der Waals surface area (Å²) in [5.41, 5.74) is 0. The van der Waals surface area contributed by atoms with Crippen LogP contribution in [0.25, 0.3) is 0 Å². The molecule has 0 heterocycles. The Labute approximate surface area is 48.0 Å². The van der Waals surface area contributed by atoms with E-state index in [4.69, 9.17) is 10.4 Å². The zero-order valence-corrected chi connectivity index (χ0v) is 4.51. The zero-order chi connectivity index (χ0) is 4.99. The SMILES string of the molecule is N#CCC(=O)O.S. The number of rotatable bonds is 1. The molecule has 40 valence electrons. The average Bonchev–Trinajstić information content (AvgIpc) is 1.35. The van der Waals surface area contributed by atoms with Crippen LogP contribution in [0.3, 0.4) is 0 Å². The highest BCUT2D eigenvalue weighted by Crippen LogP contribution is 1.68. The summed E-state index contributed by atoms with van der Waals surface area (Å²) in [4.78, 5) is 9.38. The van der Waals surface area contributed by atoms with E-state index >= 15 is 0 Å². The number of carboxylic acid groups (broad SMARTS) is 1. The lowest BCUT2D eigenvalue weighted by atomic mass is 10.5. The number of aliphatic carboxylic acids is 1. The molecule has 0 aliphatic carbocycles. The van der Waals surface area contributed by atoms with Crippen LogP contribution in [-0.4, -0.2) is 11.1 Å². The highest BCUT2D eigenvalue weighted by molar-refractivity contribution is 7.59. The number of carboxylic acids is 1. The first-order valence-corrected chi connectivity index (χ1v) is 1.36. The Morgan fingerprint density at radius 2 is 2.29 bits per heavy atom. The van der Waals surface area contributed by atoms with Gasteiger partial charge in [0.1, 0.15) is 6.42 Å². The third-order valence-corrected chi connectivity index (χ3v) is 0.230. The second-order valence-electron chi connectivity index (χ2n) is 0.729. The van der Waals surface area contributed by atoms with Gasteiger partial charge < -0.3 is 5.11 Å². The molecular formula is C3H5NO2S. The van der Waals surface area contributed by atoms with Crippen molar-refractivity contribution in [2.45, 2.75) is 6.42 Å². The molecule has 0 unspecified atom stereocenters. The van der Waals surface area contributed by atoms with Crippen molar-refractivity contribution in [3.63, 3.8) is 0 Å². The van der Waals surface area contributed by atoms with Gasteiger partial charge in [-0.2, -0.15) is 18.8 Å². The van der Waals surface area contributed by atoms with Gasteiger partial charge in [-0.1, -0.05) is 0 Å².